The van der Waals surface area contributed by atoms with Crippen molar-refractivity contribution in [3.05, 3.63) is 42.0 Å². The van der Waals surface area contributed by atoms with Crippen molar-refractivity contribution in [1.82, 2.24) is 5.32 Å². The van der Waals surface area contributed by atoms with Crippen LogP contribution in [0.25, 0.3) is 0 Å². The van der Waals surface area contributed by atoms with Crippen molar-refractivity contribution in [2.45, 2.75) is 25.6 Å². The number of nitrogens with one attached hydrogen (secondary N) is 1. The minimum Gasteiger partial charge on any atom is -0.508 e. The lowest BCUT2D eigenvalue weighted by atomic mass is 10.1. The third-order valence-electron chi connectivity index (χ3n) is 4.77. The van der Waals surface area contributed by atoms with E-state index in [0.29, 0.717) is 42.7 Å². The smallest absolute Gasteiger partial charge is 0.350 e. The number of phenolic OH excluding ortho intramolecular Hbond substituents is 1. The zero-order valence-electron chi connectivity index (χ0n) is 18.2. The van der Waals surface area contributed by atoms with Crippen LogP contribution in [-0.2, 0) is 16.0 Å². The number of ether oxygens (including phenoxy) is 5. The highest BCUT2D eigenvalue weighted by molar-refractivity contribution is 5.76. The maximum atomic E-state index is 11.8. The van der Waals surface area contributed by atoms with E-state index in [-0.39, 0.29) is 19.0 Å². The zero-order valence-corrected chi connectivity index (χ0v) is 18.2. The molecule has 1 heterocycles. The van der Waals surface area contributed by atoms with Crippen LogP contribution in [0.1, 0.15) is 12.5 Å². The van der Waals surface area contributed by atoms with Crippen LogP contribution < -0.4 is 24.3 Å². The molecule has 9 heteroatoms. The minimum absolute atomic E-state index is 0.0781. The molecule has 0 aliphatic carbocycles. The fourth-order valence-corrected chi connectivity index (χ4v) is 3.14. The molecule has 9 nitrogen and oxygen atoms in total. The second-order valence-corrected chi connectivity index (χ2v) is 7.20. The van der Waals surface area contributed by atoms with Gasteiger partial charge in [0.05, 0.1) is 13.7 Å². The maximum Gasteiger partial charge on any atom is 0.350 e. The van der Waals surface area contributed by atoms with Crippen molar-refractivity contribution in [1.29, 1.82) is 0 Å². The second-order valence-electron chi connectivity index (χ2n) is 7.20. The molecular weight excluding hydrogens is 418 g/mol. The van der Waals surface area contributed by atoms with E-state index in [1.54, 1.807) is 19.1 Å². The average molecular weight is 447 g/mol. The number of hydrogen-bond donors (Lipinski definition) is 3. The Morgan fingerprint density at radius 3 is 2.84 bits per heavy atom. The molecule has 2 aromatic rings. The number of phenols is 1. The van der Waals surface area contributed by atoms with Crippen molar-refractivity contribution >= 4 is 5.97 Å². The van der Waals surface area contributed by atoms with Crippen LogP contribution in [0.5, 0.6) is 28.7 Å². The monoisotopic (exact) mass is 447 g/mol. The number of rotatable bonds is 11. The molecule has 3 N–H and O–H groups in total. The molecule has 0 spiro atoms. The topological polar surface area (TPSA) is 116 Å². The predicted molar refractivity (Wildman–Crippen MR) is 116 cm³/mol. The number of hydrogen-bond acceptors (Lipinski definition) is 9. The molecule has 0 saturated carbocycles. The summed E-state index contributed by atoms with van der Waals surface area (Å²) in [6.07, 6.45) is -0.745. The van der Waals surface area contributed by atoms with E-state index in [9.17, 15) is 15.0 Å². The summed E-state index contributed by atoms with van der Waals surface area (Å²) in [4.78, 5) is 11.8. The molecule has 0 aromatic heterocycles. The van der Waals surface area contributed by atoms with Gasteiger partial charge < -0.3 is 39.2 Å². The molecule has 0 radical (unpaired) electrons. The third kappa shape index (κ3) is 6.41. The van der Waals surface area contributed by atoms with E-state index in [1.165, 1.54) is 19.2 Å². The van der Waals surface area contributed by atoms with Gasteiger partial charge in [-0.05, 0) is 49.7 Å². The second kappa shape index (κ2) is 11.4. The van der Waals surface area contributed by atoms with Gasteiger partial charge in [-0.2, -0.15) is 0 Å². The normalized spacial score (nSPS) is 15.7. The molecule has 0 fully saturated rings. The molecule has 3 rings (SSSR count). The van der Waals surface area contributed by atoms with Gasteiger partial charge in [0.2, 0.25) is 6.10 Å². The highest BCUT2D eigenvalue weighted by Gasteiger charge is 2.28. The van der Waals surface area contributed by atoms with E-state index in [2.05, 4.69) is 5.32 Å². The molecule has 2 unspecified atom stereocenters. The summed E-state index contributed by atoms with van der Waals surface area (Å²) in [5.74, 6) is 1.61. The lowest BCUT2D eigenvalue weighted by Crippen LogP contribution is -2.37. The predicted octanol–water partition coefficient (Wildman–Crippen LogP) is 1.68. The summed E-state index contributed by atoms with van der Waals surface area (Å²) in [5.41, 5.74) is 1.04. The first-order chi connectivity index (χ1) is 15.5. The minimum atomic E-state index is -0.750. The van der Waals surface area contributed by atoms with Crippen LogP contribution >= 0.6 is 0 Å². The van der Waals surface area contributed by atoms with Gasteiger partial charge in [-0.1, -0.05) is 6.07 Å². The molecule has 0 bridgehead atoms. The van der Waals surface area contributed by atoms with Gasteiger partial charge in [0.1, 0.15) is 25.1 Å². The number of carbonyl (C=O) groups is 1. The molecule has 0 amide bonds. The molecule has 32 heavy (non-hydrogen) atoms. The number of esters is 1. The Bertz CT molecular complexity index is 904. The Morgan fingerprint density at radius 2 is 2.06 bits per heavy atom. The van der Waals surface area contributed by atoms with E-state index >= 15 is 0 Å². The van der Waals surface area contributed by atoms with Gasteiger partial charge in [0.15, 0.2) is 23.0 Å². The standard InChI is InChI=1S/C23H29NO8/c1-3-29-23(27)22-14-31-21-10-15(4-6-19(21)32-22)8-9-24-12-17(26)13-30-18-7-5-16(25)11-20(18)28-2/h4-7,10-11,17,22,24-26H,3,8-9,12-14H2,1-2H3. The Morgan fingerprint density at radius 1 is 1.22 bits per heavy atom. The van der Waals surface area contributed by atoms with Gasteiger partial charge in [-0.25, -0.2) is 4.79 Å². The van der Waals surface area contributed by atoms with Crippen LogP contribution in [0.3, 0.4) is 0 Å². The molecule has 0 saturated heterocycles. The molecule has 1 aliphatic rings. The van der Waals surface area contributed by atoms with Crippen LogP contribution in [0, 0.1) is 0 Å². The summed E-state index contributed by atoms with van der Waals surface area (Å²) >= 11 is 0. The first-order valence-electron chi connectivity index (χ1n) is 10.5. The van der Waals surface area contributed by atoms with E-state index < -0.39 is 18.2 Å². The fourth-order valence-electron chi connectivity index (χ4n) is 3.14. The van der Waals surface area contributed by atoms with Crippen LogP contribution in [0.2, 0.25) is 0 Å². The van der Waals surface area contributed by atoms with Gasteiger partial charge in [-0.3, -0.25) is 0 Å². The summed E-state index contributed by atoms with van der Waals surface area (Å²) in [5, 5.41) is 22.8. The Kier molecular flexibility index (Phi) is 8.41. The highest BCUT2D eigenvalue weighted by atomic mass is 16.6. The Labute approximate surface area is 186 Å². The van der Waals surface area contributed by atoms with E-state index in [1.807, 2.05) is 12.1 Å². The Balaban J connectivity index is 1.39. The summed E-state index contributed by atoms with van der Waals surface area (Å²) in [7, 11) is 1.48. The van der Waals surface area contributed by atoms with Gasteiger partial charge in [0.25, 0.3) is 0 Å². The van der Waals surface area contributed by atoms with Crippen LogP contribution in [-0.4, -0.2) is 68.4 Å². The van der Waals surface area contributed by atoms with Crippen molar-refractivity contribution < 1.29 is 38.7 Å². The van der Waals surface area contributed by atoms with E-state index in [0.717, 1.165) is 12.0 Å². The summed E-state index contributed by atoms with van der Waals surface area (Å²) < 4.78 is 27.0. The largest absolute Gasteiger partial charge is 0.508 e. The number of aliphatic hydroxyl groups excluding tert-OH is 1. The van der Waals surface area contributed by atoms with Crippen molar-refractivity contribution in [3.63, 3.8) is 0 Å². The first-order valence-corrected chi connectivity index (χ1v) is 10.5. The number of carbonyl (C=O) groups excluding carboxylic acids is 1. The molecule has 2 aromatic carbocycles. The number of benzene rings is 2. The lowest BCUT2D eigenvalue weighted by Gasteiger charge is -2.25. The number of aliphatic hydroxyl groups is 1. The molecular formula is C23H29NO8. The zero-order chi connectivity index (χ0) is 22.9. The maximum absolute atomic E-state index is 11.8. The van der Waals surface area contributed by atoms with Crippen molar-refractivity contribution in [2.24, 2.45) is 0 Å². The fraction of sp³-hybridized carbons (Fsp3) is 0.435. The highest BCUT2D eigenvalue weighted by Crippen LogP contribution is 2.33. The SMILES string of the molecule is CCOC(=O)C1COc2cc(CCNCC(O)COc3ccc(O)cc3OC)ccc2O1. The average Bonchev–Trinajstić information content (AvgIpc) is 2.80. The van der Waals surface area contributed by atoms with Crippen LogP contribution in [0.4, 0.5) is 0 Å². The number of aromatic hydroxyl groups is 1. The molecule has 1 aliphatic heterocycles. The van der Waals surface area contributed by atoms with Gasteiger partial charge in [0, 0.05) is 12.6 Å². The first kappa shape index (κ1) is 23.5. The number of fused-ring (bicyclic) bond motifs is 1. The lowest BCUT2D eigenvalue weighted by molar-refractivity contribution is -0.153. The summed E-state index contributed by atoms with van der Waals surface area (Å²) in [6.45, 7) is 3.24. The van der Waals surface area contributed by atoms with Gasteiger partial charge in [-0.15, -0.1) is 0 Å². The molecule has 174 valence electrons. The Hall–Kier alpha value is -3.17. The molecule has 2 atom stereocenters. The summed E-state index contributed by atoms with van der Waals surface area (Å²) in [6, 6.07) is 10.1. The van der Waals surface area contributed by atoms with Crippen LogP contribution in [0.15, 0.2) is 36.4 Å². The third-order valence-corrected chi connectivity index (χ3v) is 4.77. The van der Waals surface area contributed by atoms with Crippen molar-refractivity contribution in [2.75, 3.05) is 40.0 Å². The number of methoxy groups -OCH3 is 1. The van der Waals surface area contributed by atoms with Crippen molar-refractivity contribution in [3.8, 4) is 28.7 Å². The quantitative estimate of drug-likeness (QED) is 0.349. The van der Waals surface area contributed by atoms with E-state index in [4.69, 9.17) is 23.7 Å². The van der Waals surface area contributed by atoms with Gasteiger partial charge >= 0.3 is 5.97 Å².